The van der Waals surface area contributed by atoms with Gasteiger partial charge in [-0.05, 0) is 73.9 Å². The van der Waals surface area contributed by atoms with Crippen molar-refractivity contribution in [1.29, 1.82) is 5.26 Å². The van der Waals surface area contributed by atoms with Gasteiger partial charge >= 0.3 is 5.97 Å². The molecule has 1 N–H and O–H groups in total. The van der Waals surface area contributed by atoms with E-state index in [1.165, 1.54) is 36.1 Å². The normalized spacial score (nSPS) is 17.6. The molecule has 0 radical (unpaired) electrons. The van der Waals surface area contributed by atoms with E-state index in [-0.39, 0.29) is 29.8 Å². The van der Waals surface area contributed by atoms with E-state index in [1.54, 1.807) is 37.4 Å². The first-order valence-electron chi connectivity index (χ1n) is 13.1. The summed E-state index contributed by atoms with van der Waals surface area (Å²) in [5.41, 5.74) is 1.63. The fourth-order valence-corrected chi connectivity index (χ4v) is 5.56. The maximum Gasteiger partial charge on any atom is 0.335 e. The van der Waals surface area contributed by atoms with Crippen LogP contribution in [-0.2, 0) is 16.0 Å². The number of Topliss-reactive ketones (excluding diaryl/α,β-unsaturated/α-hetero) is 1. The summed E-state index contributed by atoms with van der Waals surface area (Å²) in [4.78, 5) is 38.6. The number of pyridine rings is 1. The van der Waals surface area contributed by atoms with Crippen LogP contribution in [-0.4, -0.2) is 41.7 Å². The Bertz CT molecular complexity index is 1480. The zero-order chi connectivity index (χ0) is 28.8. The highest BCUT2D eigenvalue weighted by Crippen LogP contribution is 2.36. The van der Waals surface area contributed by atoms with Gasteiger partial charge in [-0.3, -0.25) is 9.59 Å². The summed E-state index contributed by atoms with van der Waals surface area (Å²) >= 11 is 6.20. The van der Waals surface area contributed by atoms with E-state index >= 15 is 0 Å². The number of aromatic nitrogens is 1. The van der Waals surface area contributed by atoms with E-state index in [2.05, 4.69) is 6.07 Å². The van der Waals surface area contributed by atoms with Crippen LogP contribution in [0.4, 0.5) is 0 Å². The average molecular weight is 563 g/mol. The molecule has 0 bridgehead atoms. The molecule has 1 aromatic heterocycles. The molecular formula is C31H31ClN2O6. The van der Waals surface area contributed by atoms with E-state index in [9.17, 15) is 24.8 Å². The van der Waals surface area contributed by atoms with Gasteiger partial charge in [-0.25, -0.2) is 4.79 Å². The Hall–Kier alpha value is -3.93. The van der Waals surface area contributed by atoms with Crippen LogP contribution in [0.25, 0.3) is 11.1 Å². The molecule has 1 aliphatic carbocycles. The number of rotatable bonds is 10. The molecule has 1 fully saturated rings. The molecule has 1 aliphatic rings. The maximum atomic E-state index is 13.8. The van der Waals surface area contributed by atoms with E-state index in [0.29, 0.717) is 39.4 Å². The summed E-state index contributed by atoms with van der Waals surface area (Å²) in [5, 5.41) is 19.2. The quantitative estimate of drug-likeness (QED) is 0.337. The monoisotopic (exact) mass is 562 g/mol. The lowest BCUT2D eigenvalue weighted by atomic mass is 9.82. The maximum absolute atomic E-state index is 13.8. The topological polar surface area (TPSA) is 119 Å². The number of ether oxygens (including phenoxy) is 2. The zero-order valence-electron chi connectivity index (χ0n) is 22.4. The van der Waals surface area contributed by atoms with Gasteiger partial charge in [-0.2, -0.15) is 5.26 Å². The van der Waals surface area contributed by atoms with Crippen LogP contribution in [0.3, 0.4) is 0 Å². The van der Waals surface area contributed by atoms with Crippen molar-refractivity contribution >= 4 is 23.4 Å². The number of carbonyl (C=O) groups is 2. The third-order valence-electron chi connectivity index (χ3n) is 7.63. The van der Waals surface area contributed by atoms with Gasteiger partial charge in [0.15, 0.2) is 5.78 Å². The van der Waals surface area contributed by atoms with Crippen molar-refractivity contribution in [2.24, 2.45) is 5.92 Å². The first-order chi connectivity index (χ1) is 19.2. The Morgan fingerprint density at radius 1 is 1.07 bits per heavy atom. The molecule has 0 aliphatic heterocycles. The minimum atomic E-state index is -1.04. The molecule has 0 amide bonds. The second-order valence-electron chi connectivity index (χ2n) is 10.1. The van der Waals surface area contributed by atoms with E-state index in [4.69, 9.17) is 21.1 Å². The van der Waals surface area contributed by atoms with Gasteiger partial charge in [-0.1, -0.05) is 23.7 Å². The SMILES string of the molecule is COc1cn(C(CC2CCC(OC)CC2)C(=O)Cc2ccc(C(=O)O)cc2)c(=O)cc1-c1cc(Cl)ccc1C#N. The summed E-state index contributed by atoms with van der Waals surface area (Å²) in [6.07, 6.45) is 5.81. The van der Waals surface area contributed by atoms with Crippen LogP contribution in [0.5, 0.6) is 5.75 Å². The number of carboxylic acid groups (broad SMARTS) is 1. The third-order valence-corrected chi connectivity index (χ3v) is 7.86. The minimum absolute atomic E-state index is 0.0430. The lowest BCUT2D eigenvalue weighted by Crippen LogP contribution is -2.33. The molecule has 8 nitrogen and oxygen atoms in total. The third kappa shape index (κ3) is 6.61. The van der Waals surface area contributed by atoms with Crippen LogP contribution in [0.15, 0.2) is 59.5 Å². The molecule has 40 heavy (non-hydrogen) atoms. The number of hydrogen-bond donors (Lipinski definition) is 1. The molecule has 1 heterocycles. The van der Waals surface area contributed by atoms with Crippen molar-refractivity contribution in [3.8, 4) is 22.9 Å². The number of nitriles is 1. The highest BCUT2D eigenvalue weighted by Gasteiger charge is 2.30. The summed E-state index contributed by atoms with van der Waals surface area (Å²) in [5.74, 6) is -0.634. The van der Waals surface area contributed by atoms with Gasteiger partial charge < -0.3 is 19.1 Å². The highest BCUT2D eigenvalue weighted by atomic mass is 35.5. The Labute approximate surface area is 237 Å². The summed E-state index contributed by atoms with van der Waals surface area (Å²) < 4.78 is 12.6. The molecule has 2 aromatic carbocycles. The van der Waals surface area contributed by atoms with Gasteiger partial charge in [0, 0.05) is 35.7 Å². The standard InChI is InChI=1S/C31H31ClN2O6/c1-39-24-11-5-19(6-12-24)13-27(28(35)14-20-3-7-21(8-4-20)31(37)38)34-18-29(40-2)26(16-30(34)36)25-15-23(32)10-9-22(25)17-33/h3-4,7-10,15-16,18-19,24,27H,5-6,11-14H2,1-2H3,(H,37,38). The van der Waals surface area contributed by atoms with Crippen molar-refractivity contribution < 1.29 is 24.2 Å². The first-order valence-corrected chi connectivity index (χ1v) is 13.5. The van der Waals surface area contributed by atoms with Crippen molar-refractivity contribution in [1.82, 2.24) is 4.57 Å². The molecule has 1 saturated carbocycles. The van der Waals surface area contributed by atoms with Crippen molar-refractivity contribution in [2.75, 3.05) is 14.2 Å². The number of ketones is 1. The number of aromatic carboxylic acids is 1. The predicted molar refractivity (Wildman–Crippen MR) is 151 cm³/mol. The minimum Gasteiger partial charge on any atom is -0.495 e. The average Bonchev–Trinajstić information content (AvgIpc) is 2.96. The molecule has 0 spiro atoms. The lowest BCUT2D eigenvalue weighted by molar-refractivity contribution is -0.122. The number of hydrogen-bond acceptors (Lipinski definition) is 6. The zero-order valence-corrected chi connectivity index (χ0v) is 23.2. The number of carboxylic acids is 1. The van der Waals surface area contributed by atoms with Crippen molar-refractivity contribution in [3.63, 3.8) is 0 Å². The fourth-order valence-electron chi connectivity index (χ4n) is 5.39. The Kier molecular flexibility index (Phi) is 9.41. The Morgan fingerprint density at radius 2 is 1.77 bits per heavy atom. The van der Waals surface area contributed by atoms with E-state index in [0.717, 1.165) is 25.7 Å². The van der Waals surface area contributed by atoms with Gasteiger partial charge in [-0.15, -0.1) is 0 Å². The van der Waals surface area contributed by atoms with Crippen LogP contribution in [0.2, 0.25) is 5.02 Å². The second kappa shape index (κ2) is 12.9. The Morgan fingerprint density at radius 3 is 2.38 bits per heavy atom. The smallest absolute Gasteiger partial charge is 0.335 e. The second-order valence-corrected chi connectivity index (χ2v) is 10.5. The van der Waals surface area contributed by atoms with Gasteiger partial charge in [0.05, 0.1) is 42.6 Å². The first kappa shape index (κ1) is 29.1. The molecular weight excluding hydrogens is 532 g/mol. The van der Waals surface area contributed by atoms with E-state index < -0.39 is 17.6 Å². The van der Waals surface area contributed by atoms with Gasteiger partial charge in [0.1, 0.15) is 5.75 Å². The number of benzene rings is 2. The van der Waals surface area contributed by atoms with Crippen LogP contribution >= 0.6 is 11.6 Å². The molecule has 0 saturated heterocycles. The number of carbonyl (C=O) groups excluding carboxylic acids is 1. The molecule has 9 heteroatoms. The lowest BCUT2D eigenvalue weighted by Gasteiger charge is -2.31. The van der Waals surface area contributed by atoms with Gasteiger partial charge in [0.25, 0.3) is 5.56 Å². The number of halogens is 1. The summed E-state index contributed by atoms with van der Waals surface area (Å²) in [7, 11) is 3.18. The number of methoxy groups -OCH3 is 2. The summed E-state index contributed by atoms with van der Waals surface area (Å²) in [6, 6.07) is 13.7. The molecule has 3 aromatic rings. The number of nitrogens with zero attached hydrogens (tertiary/aromatic N) is 2. The van der Waals surface area contributed by atoms with Crippen LogP contribution in [0, 0.1) is 17.2 Å². The fraction of sp³-hybridized carbons (Fsp3) is 0.355. The van der Waals surface area contributed by atoms with Crippen molar-refractivity contribution in [3.05, 3.63) is 86.8 Å². The Balaban J connectivity index is 1.72. The molecule has 208 valence electrons. The molecule has 1 unspecified atom stereocenters. The summed E-state index contributed by atoms with van der Waals surface area (Å²) in [6.45, 7) is 0. The van der Waals surface area contributed by atoms with Crippen molar-refractivity contribution in [2.45, 2.75) is 50.7 Å². The van der Waals surface area contributed by atoms with Crippen LogP contribution in [0.1, 0.15) is 59.6 Å². The highest BCUT2D eigenvalue weighted by molar-refractivity contribution is 6.31. The van der Waals surface area contributed by atoms with E-state index in [1.807, 2.05) is 0 Å². The molecule has 4 rings (SSSR count). The largest absolute Gasteiger partial charge is 0.495 e. The molecule has 1 atom stereocenters. The predicted octanol–water partition coefficient (Wildman–Crippen LogP) is 5.70. The van der Waals surface area contributed by atoms with Gasteiger partial charge in [0.2, 0.25) is 0 Å². The van der Waals surface area contributed by atoms with Crippen LogP contribution < -0.4 is 10.3 Å².